The van der Waals surface area contributed by atoms with E-state index in [1.807, 2.05) is 5.32 Å². The third kappa shape index (κ3) is 7.31. The highest BCUT2D eigenvalue weighted by atomic mass is 16.4. The number of aliphatic hydroxyl groups excluding tert-OH is 3. The van der Waals surface area contributed by atoms with Crippen LogP contribution in [-0.4, -0.2) is 87.1 Å². The van der Waals surface area contributed by atoms with Crippen molar-refractivity contribution in [1.82, 2.24) is 16.0 Å². The molecule has 6 atom stereocenters. The Kier molecular flexibility index (Phi) is 9.72. The summed E-state index contributed by atoms with van der Waals surface area (Å²) in [6, 6.07) is -5.56. The fraction of sp³-hybridized carbons (Fsp3) is 0.714. The van der Waals surface area contributed by atoms with Crippen LogP contribution in [0.4, 0.5) is 0 Å². The number of carbonyl (C=O) groups excluding carboxylic acids is 3. The predicted octanol–water partition coefficient (Wildman–Crippen LogP) is -4.37. The minimum Gasteiger partial charge on any atom is -0.480 e. The van der Waals surface area contributed by atoms with Gasteiger partial charge in [-0.1, -0.05) is 0 Å². The Balaban J connectivity index is 5.00. The van der Waals surface area contributed by atoms with Crippen LogP contribution in [0.5, 0.6) is 0 Å². The van der Waals surface area contributed by atoms with Gasteiger partial charge in [-0.2, -0.15) is 0 Å². The van der Waals surface area contributed by atoms with Crippen LogP contribution in [0.1, 0.15) is 20.8 Å². The van der Waals surface area contributed by atoms with Gasteiger partial charge < -0.3 is 42.1 Å². The Morgan fingerprint density at radius 2 is 1.31 bits per heavy atom. The Morgan fingerprint density at radius 1 is 0.846 bits per heavy atom. The molecule has 150 valence electrons. The number of rotatable bonds is 10. The highest BCUT2D eigenvalue weighted by Gasteiger charge is 2.33. The number of aliphatic hydroxyl groups is 3. The van der Waals surface area contributed by atoms with Crippen LogP contribution >= 0.6 is 0 Å². The van der Waals surface area contributed by atoms with Crippen LogP contribution in [0.15, 0.2) is 0 Å². The molecule has 0 aromatic rings. The summed E-state index contributed by atoms with van der Waals surface area (Å²) in [6.07, 6.45) is -2.81. The fourth-order valence-electron chi connectivity index (χ4n) is 1.78. The summed E-state index contributed by atoms with van der Waals surface area (Å²) >= 11 is 0. The van der Waals surface area contributed by atoms with E-state index in [4.69, 9.17) is 15.9 Å². The fourth-order valence-corrected chi connectivity index (χ4v) is 1.78. The van der Waals surface area contributed by atoms with Crippen LogP contribution < -0.4 is 21.7 Å². The zero-order valence-corrected chi connectivity index (χ0v) is 14.7. The van der Waals surface area contributed by atoms with Gasteiger partial charge in [-0.05, 0) is 20.8 Å². The maximum atomic E-state index is 12.1. The molecule has 12 heteroatoms. The molecule has 0 heterocycles. The molecule has 6 unspecified atom stereocenters. The van der Waals surface area contributed by atoms with Crippen LogP contribution in [-0.2, 0) is 19.2 Å². The minimum atomic E-state index is -1.64. The van der Waals surface area contributed by atoms with E-state index < -0.39 is 66.7 Å². The van der Waals surface area contributed by atoms with Crippen molar-refractivity contribution in [2.45, 2.75) is 57.1 Å². The molecule has 3 amide bonds. The third-order valence-electron chi connectivity index (χ3n) is 3.39. The molecule has 0 bridgehead atoms. The quantitative estimate of drug-likeness (QED) is 0.184. The van der Waals surface area contributed by atoms with Gasteiger partial charge in [0.2, 0.25) is 17.7 Å². The Bertz CT molecular complexity index is 525. The molecule has 0 saturated carbocycles. The molecule has 0 radical (unpaired) electrons. The Morgan fingerprint density at radius 3 is 1.69 bits per heavy atom. The van der Waals surface area contributed by atoms with E-state index in [2.05, 4.69) is 10.6 Å². The highest BCUT2D eigenvalue weighted by molar-refractivity contribution is 5.94. The van der Waals surface area contributed by atoms with Gasteiger partial charge in [0.25, 0.3) is 0 Å². The van der Waals surface area contributed by atoms with Crippen LogP contribution in [0.2, 0.25) is 0 Å². The van der Waals surface area contributed by atoms with E-state index in [0.717, 1.165) is 6.92 Å². The molecule has 0 aromatic carbocycles. The Hall–Kier alpha value is -2.28. The van der Waals surface area contributed by atoms with E-state index in [-0.39, 0.29) is 0 Å². The summed E-state index contributed by atoms with van der Waals surface area (Å²) in [5.41, 5.74) is 5.30. The summed E-state index contributed by atoms with van der Waals surface area (Å²) in [5, 5.41) is 43.2. The normalized spacial score (nSPS) is 17.8. The van der Waals surface area contributed by atoms with Crippen molar-refractivity contribution in [2.75, 3.05) is 6.61 Å². The molecule has 0 aliphatic carbocycles. The lowest BCUT2D eigenvalue weighted by Gasteiger charge is -2.25. The second kappa shape index (κ2) is 10.7. The summed E-state index contributed by atoms with van der Waals surface area (Å²) in [6.45, 7) is 2.99. The smallest absolute Gasteiger partial charge is 0.328 e. The van der Waals surface area contributed by atoms with E-state index in [1.165, 1.54) is 13.8 Å². The highest BCUT2D eigenvalue weighted by Crippen LogP contribution is 2.00. The van der Waals surface area contributed by atoms with Crippen molar-refractivity contribution in [2.24, 2.45) is 5.73 Å². The average Bonchev–Trinajstić information content (AvgIpc) is 2.54. The van der Waals surface area contributed by atoms with Crippen molar-refractivity contribution in [3.8, 4) is 0 Å². The lowest BCUT2D eigenvalue weighted by molar-refractivity contribution is -0.146. The van der Waals surface area contributed by atoms with Crippen LogP contribution in [0.3, 0.4) is 0 Å². The molecule has 0 rings (SSSR count). The van der Waals surface area contributed by atoms with E-state index in [1.54, 1.807) is 0 Å². The second-order valence-electron chi connectivity index (χ2n) is 5.81. The predicted molar refractivity (Wildman–Crippen MR) is 87.5 cm³/mol. The molecule has 12 nitrogen and oxygen atoms in total. The maximum absolute atomic E-state index is 12.1. The van der Waals surface area contributed by atoms with Crippen LogP contribution in [0.25, 0.3) is 0 Å². The molecule has 0 aliphatic rings. The SMILES string of the molecule is CC(NC(=O)C(N)CO)C(=O)NC(C(=O)NC(C(=O)O)C(C)O)C(C)O. The zero-order valence-electron chi connectivity index (χ0n) is 14.7. The molecule has 0 spiro atoms. The topological polar surface area (TPSA) is 211 Å². The van der Waals surface area contributed by atoms with Gasteiger partial charge in [0.1, 0.15) is 18.1 Å². The second-order valence-corrected chi connectivity index (χ2v) is 5.81. The van der Waals surface area contributed by atoms with Gasteiger partial charge >= 0.3 is 5.97 Å². The standard InChI is InChI=1S/C14H26N4O8/c1-5(16-12(23)8(15)4-19)11(22)17-9(6(2)20)13(24)18-10(7(3)21)14(25)26/h5-10,19-21H,4,15H2,1-3H3,(H,16,23)(H,17,22)(H,18,24)(H,25,26). The average molecular weight is 378 g/mol. The lowest BCUT2D eigenvalue weighted by Crippen LogP contribution is -2.60. The van der Waals surface area contributed by atoms with Gasteiger partial charge in [0.15, 0.2) is 6.04 Å². The monoisotopic (exact) mass is 378 g/mol. The molecule has 0 aromatic heterocycles. The minimum absolute atomic E-state index is 0.630. The summed E-state index contributed by atoms with van der Waals surface area (Å²) < 4.78 is 0. The van der Waals surface area contributed by atoms with Crippen LogP contribution in [0, 0.1) is 0 Å². The maximum Gasteiger partial charge on any atom is 0.328 e. The molecule has 0 saturated heterocycles. The van der Waals surface area contributed by atoms with Crippen molar-refractivity contribution in [3.05, 3.63) is 0 Å². The zero-order chi connectivity index (χ0) is 20.6. The first-order valence-corrected chi connectivity index (χ1v) is 7.78. The van der Waals surface area contributed by atoms with Crippen molar-refractivity contribution >= 4 is 23.7 Å². The first-order valence-electron chi connectivity index (χ1n) is 7.78. The molecular formula is C14H26N4O8. The van der Waals surface area contributed by atoms with Gasteiger partial charge in [0.05, 0.1) is 18.8 Å². The Labute approximate surface area is 149 Å². The molecule has 0 aliphatic heterocycles. The number of hydrogen-bond acceptors (Lipinski definition) is 8. The van der Waals surface area contributed by atoms with E-state index in [9.17, 15) is 29.4 Å². The molecular weight excluding hydrogens is 352 g/mol. The number of carboxylic acid groups (broad SMARTS) is 1. The molecule has 26 heavy (non-hydrogen) atoms. The number of carboxylic acids is 1. The van der Waals surface area contributed by atoms with E-state index >= 15 is 0 Å². The summed E-state index contributed by atoms with van der Waals surface area (Å²) in [4.78, 5) is 46.8. The number of amides is 3. The van der Waals surface area contributed by atoms with Gasteiger partial charge in [-0.3, -0.25) is 14.4 Å². The van der Waals surface area contributed by atoms with Crippen molar-refractivity contribution in [3.63, 3.8) is 0 Å². The summed E-state index contributed by atoms with van der Waals surface area (Å²) in [7, 11) is 0. The number of aliphatic carboxylic acids is 1. The van der Waals surface area contributed by atoms with Crippen molar-refractivity contribution < 1.29 is 39.6 Å². The number of nitrogens with one attached hydrogen (secondary N) is 3. The van der Waals surface area contributed by atoms with Gasteiger partial charge in [-0.15, -0.1) is 0 Å². The largest absolute Gasteiger partial charge is 0.480 e. The molecule has 0 fully saturated rings. The summed E-state index contributed by atoms with van der Waals surface area (Å²) in [5.74, 6) is -4.18. The number of hydrogen-bond donors (Lipinski definition) is 8. The number of carbonyl (C=O) groups is 4. The van der Waals surface area contributed by atoms with Crippen molar-refractivity contribution in [1.29, 1.82) is 0 Å². The van der Waals surface area contributed by atoms with Gasteiger partial charge in [-0.25, -0.2) is 4.79 Å². The first-order chi connectivity index (χ1) is 11.9. The number of nitrogens with two attached hydrogens (primary N) is 1. The lowest BCUT2D eigenvalue weighted by atomic mass is 10.1. The molecule has 9 N–H and O–H groups in total. The van der Waals surface area contributed by atoms with E-state index in [0.29, 0.717) is 0 Å². The third-order valence-corrected chi connectivity index (χ3v) is 3.39. The van der Waals surface area contributed by atoms with Gasteiger partial charge in [0, 0.05) is 0 Å². The first kappa shape index (κ1) is 23.7.